The second-order valence-corrected chi connectivity index (χ2v) is 4.81. The zero-order valence-electron chi connectivity index (χ0n) is 10.8. The van der Waals surface area contributed by atoms with Crippen molar-refractivity contribution in [3.05, 3.63) is 18.2 Å². The third-order valence-corrected chi connectivity index (χ3v) is 2.02. The maximum Gasteiger partial charge on any atom is 0.408 e. The van der Waals surface area contributed by atoms with Crippen LogP contribution in [0, 0.1) is 0 Å². The minimum absolute atomic E-state index is 0.230. The van der Waals surface area contributed by atoms with E-state index in [0.717, 1.165) is 0 Å². The van der Waals surface area contributed by atoms with Crippen molar-refractivity contribution in [2.75, 3.05) is 0 Å². The molecule has 0 saturated carbocycles. The van der Waals surface area contributed by atoms with Gasteiger partial charge in [-0.05, 0) is 20.8 Å². The highest BCUT2D eigenvalue weighted by Crippen LogP contribution is 2.12. The molecule has 1 aromatic rings. The van der Waals surface area contributed by atoms with E-state index in [2.05, 4.69) is 10.3 Å². The quantitative estimate of drug-likeness (QED) is 0.842. The predicted molar refractivity (Wildman–Crippen MR) is 63.0 cm³/mol. The van der Waals surface area contributed by atoms with Crippen molar-refractivity contribution in [1.29, 1.82) is 0 Å². The first-order chi connectivity index (χ1) is 8.20. The summed E-state index contributed by atoms with van der Waals surface area (Å²) < 4.78 is 6.53. The molecule has 1 unspecified atom stereocenters. The van der Waals surface area contributed by atoms with Gasteiger partial charge in [-0.2, -0.15) is 0 Å². The van der Waals surface area contributed by atoms with Crippen molar-refractivity contribution in [2.45, 2.75) is 32.4 Å². The van der Waals surface area contributed by atoms with Crippen molar-refractivity contribution in [3.8, 4) is 0 Å². The Balaban J connectivity index is 2.80. The number of ether oxygens (including phenoxy) is 1. The summed E-state index contributed by atoms with van der Waals surface area (Å²) in [7, 11) is 1.65. The van der Waals surface area contributed by atoms with Gasteiger partial charge in [-0.3, -0.25) is 0 Å². The Labute approximate surface area is 105 Å². The smallest absolute Gasteiger partial charge is 0.408 e. The molecular weight excluding hydrogens is 238 g/mol. The molecular formula is C11H17N3O4. The van der Waals surface area contributed by atoms with Gasteiger partial charge in [0.1, 0.15) is 11.4 Å². The number of amides is 1. The lowest BCUT2D eigenvalue weighted by Crippen LogP contribution is -2.39. The van der Waals surface area contributed by atoms with E-state index in [0.29, 0.717) is 0 Å². The number of nitrogens with one attached hydrogen (secondary N) is 1. The standard InChI is InChI=1S/C11H17N3O4/c1-11(2,3)18-10(17)13-7(9(15)16)8-12-5-6-14(8)4/h5-7H,1-4H3,(H,13,17)(H,15,16). The number of nitrogens with zero attached hydrogens (tertiary/aromatic N) is 2. The van der Waals surface area contributed by atoms with Gasteiger partial charge in [0.05, 0.1) is 0 Å². The molecule has 1 atom stereocenters. The normalized spacial score (nSPS) is 12.9. The summed E-state index contributed by atoms with van der Waals surface area (Å²) in [6.45, 7) is 5.09. The lowest BCUT2D eigenvalue weighted by atomic mass is 10.2. The summed E-state index contributed by atoms with van der Waals surface area (Å²) >= 11 is 0. The van der Waals surface area contributed by atoms with Gasteiger partial charge in [-0.25, -0.2) is 14.6 Å². The zero-order valence-corrected chi connectivity index (χ0v) is 10.8. The van der Waals surface area contributed by atoms with Gasteiger partial charge in [0.25, 0.3) is 0 Å². The number of hydrogen-bond donors (Lipinski definition) is 2. The second kappa shape index (κ2) is 5.07. The van der Waals surface area contributed by atoms with E-state index in [1.807, 2.05) is 0 Å². The number of hydrogen-bond acceptors (Lipinski definition) is 4. The number of aliphatic carboxylic acids is 1. The van der Waals surface area contributed by atoms with Crippen molar-refractivity contribution in [1.82, 2.24) is 14.9 Å². The van der Waals surface area contributed by atoms with Crippen LogP contribution in [0.3, 0.4) is 0 Å². The zero-order chi connectivity index (χ0) is 13.9. The fourth-order valence-electron chi connectivity index (χ4n) is 1.32. The van der Waals surface area contributed by atoms with E-state index in [-0.39, 0.29) is 5.82 Å². The van der Waals surface area contributed by atoms with E-state index in [4.69, 9.17) is 9.84 Å². The topological polar surface area (TPSA) is 93.5 Å². The third kappa shape index (κ3) is 3.76. The van der Waals surface area contributed by atoms with Gasteiger partial charge < -0.3 is 19.7 Å². The molecule has 1 heterocycles. The van der Waals surface area contributed by atoms with Crippen LogP contribution in [-0.4, -0.2) is 32.3 Å². The molecule has 2 N–H and O–H groups in total. The highest BCUT2D eigenvalue weighted by Gasteiger charge is 2.28. The Hall–Kier alpha value is -2.05. The van der Waals surface area contributed by atoms with Gasteiger partial charge in [0.15, 0.2) is 6.04 Å². The number of aryl methyl sites for hydroxylation is 1. The molecule has 1 amide bonds. The number of carboxylic acids is 1. The Morgan fingerprint density at radius 1 is 1.50 bits per heavy atom. The molecule has 0 aliphatic rings. The summed E-state index contributed by atoms with van der Waals surface area (Å²) in [5.41, 5.74) is -0.686. The number of carbonyl (C=O) groups is 2. The minimum Gasteiger partial charge on any atom is -0.479 e. The molecule has 1 aromatic heterocycles. The highest BCUT2D eigenvalue weighted by molar-refractivity contribution is 5.80. The summed E-state index contributed by atoms with van der Waals surface area (Å²) in [5, 5.41) is 11.4. The number of alkyl carbamates (subject to hydrolysis) is 1. The van der Waals surface area contributed by atoms with E-state index in [1.165, 1.54) is 10.8 Å². The van der Waals surface area contributed by atoms with Crippen molar-refractivity contribution in [3.63, 3.8) is 0 Å². The molecule has 0 aliphatic carbocycles. The molecule has 0 bridgehead atoms. The molecule has 1 rings (SSSR count). The Morgan fingerprint density at radius 3 is 2.50 bits per heavy atom. The van der Waals surface area contributed by atoms with Gasteiger partial charge >= 0.3 is 12.1 Å². The van der Waals surface area contributed by atoms with Crippen LogP contribution in [0.4, 0.5) is 4.79 Å². The summed E-state index contributed by atoms with van der Waals surface area (Å²) in [5.74, 6) is -0.969. The third-order valence-electron chi connectivity index (χ3n) is 2.02. The van der Waals surface area contributed by atoms with Gasteiger partial charge in [0, 0.05) is 19.4 Å². The summed E-state index contributed by atoms with van der Waals surface area (Å²) in [6.07, 6.45) is 2.27. The second-order valence-electron chi connectivity index (χ2n) is 4.81. The van der Waals surface area contributed by atoms with E-state index >= 15 is 0 Å². The van der Waals surface area contributed by atoms with Crippen LogP contribution < -0.4 is 5.32 Å². The Bertz CT molecular complexity index is 447. The van der Waals surface area contributed by atoms with E-state index in [9.17, 15) is 9.59 Å². The van der Waals surface area contributed by atoms with Gasteiger partial charge in [-0.15, -0.1) is 0 Å². The number of imidazole rings is 1. The Morgan fingerprint density at radius 2 is 2.11 bits per heavy atom. The SMILES string of the molecule is Cn1ccnc1C(NC(=O)OC(C)(C)C)C(=O)O. The number of carboxylic acid groups (broad SMARTS) is 1. The largest absolute Gasteiger partial charge is 0.479 e. The van der Waals surface area contributed by atoms with Crippen LogP contribution in [0.1, 0.15) is 32.6 Å². The van der Waals surface area contributed by atoms with Crippen molar-refractivity contribution in [2.24, 2.45) is 7.05 Å². The number of aromatic nitrogens is 2. The van der Waals surface area contributed by atoms with Crippen LogP contribution in [0.25, 0.3) is 0 Å². The first-order valence-electron chi connectivity index (χ1n) is 5.40. The van der Waals surface area contributed by atoms with Crippen LogP contribution >= 0.6 is 0 Å². The number of carbonyl (C=O) groups excluding carboxylic acids is 1. The fraction of sp³-hybridized carbons (Fsp3) is 0.545. The monoisotopic (exact) mass is 255 g/mol. The fourth-order valence-corrected chi connectivity index (χ4v) is 1.32. The molecule has 18 heavy (non-hydrogen) atoms. The molecule has 0 aromatic carbocycles. The van der Waals surface area contributed by atoms with Crippen molar-refractivity contribution >= 4 is 12.1 Å². The Kier molecular flexibility index (Phi) is 3.95. The average Bonchev–Trinajstić information content (AvgIpc) is 2.57. The molecule has 7 heteroatoms. The summed E-state index contributed by atoms with van der Waals surface area (Å²) in [6, 6.07) is -1.24. The van der Waals surface area contributed by atoms with Crippen LogP contribution in [0.2, 0.25) is 0 Å². The predicted octanol–water partition coefficient (Wildman–Crippen LogP) is 1.07. The molecule has 0 spiro atoms. The first-order valence-corrected chi connectivity index (χ1v) is 5.40. The number of rotatable bonds is 3. The van der Waals surface area contributed by atoms with Gasteiger partial charge in [0.2, 0.25) is 0 Å². The van der Waals surface area contributed by atoms with Crippen LogP contribution in [0.5, 0.6) is 0 Å². The first kappa shape index (κ1) is 14.0. The van der Waals surface area contributed by atoms with E-state index < -0.39 is 23.7 Å². The maximum absolute atomic E-state index is 11.5. The highest BCUT2D eigenvalue weighted by atomic mass is 16.6. The minimum atomic E-state index is -1.24. The lowest BCUT2D eigenvalue weighted by Gasteiger charge is -2.21. The average molecular weight is 255 g/mol. The molecule has 7 nitrogen and oxygen atoms in total. The van der Waals surface area contributed by atoms with Crippen molar-refractivity contribution < 1.29 is 19.4 Å². The van der Waals surface area contributed by atoms with E-state index in [1.54, 1.807) is 34.0 Å². The van der Waals surface area contributed by atoms with Crippen LogP contribution in [0.15, 0.2) is 12.4 Å². The molecule has 0 saturated heterocycles. The lowest BCUT2D eigenvalue weighted by molar-refractivity contribution is -0.139. The maximum atomic E-state index is 11.5. The van der Waals surface area contributed by atoms with Gasteiger partial charge in [-0.1, -0.05) is 0 Å². The molecule has 0 radical (unpaired) electrons. The molecule has 0 fully saturated rings. The molecule has 0 aliphatic heterocycles. The molecule has 100 valence electrons. The summed E-state index contributed by atoms with van der Waals surface area (Å²) in [4.78, 5) is 26.6. The van der Waals surface area contributed by atoms with Crippen LogP contribution in [-0.2, 0) is 16.6 Å².